The Bertz CT molecular complexity index is 1370. The van der Waals surface area contributed by atoms with E-state index in [2.05, 4.69) is 0 Å². The van der Waals surface area contributed by atoms with Crippen LogP contribution in [0.5, 0.6) is 23.0 Å². The van der Waals surface area contributed by atoms with Gasteiger partial charge >= 0.3 is 0 Å². The molecule has 0 saturated heterocycles. The number of carbonyl (C=O) groups is 4. The highest BCUT2D eigenvalue weighted by atomic mass is 16.3. The number of aldehydes is 4. The first-order valence-corrected chi connectivity index (χ1v) is 13.0. The molecule has 42 heavy (non-hydrogen) atoms. The fourth-order valence-electron chi connectivity index (χ4n) is 3.25. The van der Waals surface area contributed by atoms with E-state index in [1.807, 2.05) is 13.0 Å². The molecule has 0 amide bonds. The zero-order valence-corrected chi connectivity index (χ0v) is 23.5. The third kappa shape index (κ3) is 14.2. The molecule has 0 radical (unpaired) electrons. The van der Waals surface area contributed by atoms with E-state index in [4.69, 9.17) is 20.4 Å². The standard InChI is InChI=1S/2C9H10O2.2C8H8O2/c1-7(6-10)8-2-4-9(11)5-3-8;1-7(6-10)8-3-2-4-9(11)5-8;9-6-5-7-1-3-8(10)4-2-7;9-5-4-7-2-1-3-8(10)6-7/h2*2-7,11H,1H3;1-4,6,10H,5H2;1-3,5-6,10H,4H2. The van der Waals surface area contributed by atoms with Crippen LogP contribution in [0.2, 0.25) is 0 Å². The molecule has 8 heteroatoms. The molecule has 0 fully saturated rings. The molecule has 4 rings (SSSR count). The van der Waals surface area contributed by atoms with Crippen LogP contribution in [-0.2, 0) is 32.0 Å². The van der Waals surface area contributed by atoms with Crippen LogP contribution in [0.25, 0.3) is 0 Å². The van der Waals surface area contributed by atoms with Crippen LogP contribution in [-0.4, -0.2) is 45.6 Å². The van der Waals surface area contributed by atoms with Crippen LogP contribution in [0.1, 0.15) is 47.9 Å². The van der Waals surface area contributed by atoms with Gasteiger partial charge < -0.3 is 39.6 Å². The van der Waals surface area contributed by atoms with Gasteiger partial charge in [-0.15, -0.1) is 0 Å². The van der Waals surface area contributed by atoms with E-state index in [0.29, 0.717) is 12.8 Å². The number of hydrogen-bond donors (Lipinski definition) is 4. The maximum Gasteiger partial charge on any atom is 0.127 e. The minimum Gasteiger partial charge on any atom is -0.508 e. The molecule has 0 aromatic heterocycles. The van der Waals surface area contributed by atoms with Gasteiger partial charge in [0.05, 0.1) is 0 Å². The maximum absolute atomic E-state index is 10.3. The lowest BCUT2D eigenvalue weighted by Gasteiger charge is -2.02. The van der Waals surface area contributed by atoms with Gasteiger partial charge in [-0.1, -0.05) is 62.4 Å². The molecule has 4 aromatic carbocycles. The molecule has 4 N–H and O–H groups in total. The van der Waals surface area contributed by atoms with Crippen molar-refractivity contribution in [1.29, 1.82) is 0 Å². The van der Waals surface area contributed by atoms with Crippen molar-refractivity contribution >= 4 is 25.1 Å². The van der Waals surface area contributed by atoms with E-state index in [9.17, 15) is 19.2 Å². The minimum absolute atomic E-state index is 0.0874. The highest BCUT2D eigenvalue weighted by molar-refractivity contribution is 5.62. The van der Waals surface area contributed by atoms with Gasteiger partial charge in [-0.05, 0) is 70.8 Å². The van der Waals surface area contributed by atoms with E-state index >= 15 is 0 Å². The molecule has 0 aliphatic heterocycles. The fraction of sp³-hybridized carbons (Fsp3) is 0.176. The number of aromatic hydroxyl groups is 4. The lowest BCUT2D eigenvalue weighted by molar-refractivity contribution is -0.109. The Kier molecular flexibility index (Phi) is 16.4. The first-order chi connectivity index (χ1) is 20.1. The Morgan fingerprint density at radius 3 is 1.43 bits per heavy atom. The van der Waals surface area contributed by atoms with Gasteiger partial charge in [0.15, 0.2) is 0 Å². The smallest absolute Gasteiger partial charge is 0.127 e. The molecular weight excluding hydrogens is 536 g/mol. The van der Waals surface area contributed by atoms with Crippen molar-refractivity contribution in [3.8, 4) is 23.0 Å². The second-order valence-electron chi connectivity index (χ2n) is 9.11. The summed E-state index contributed by atoms with van der Waals surface area (Å²) in [6.45, 7) is 3.61. The molecule has 0 spiro atoms. The van der Waals surface area contributed by atoms with Gasteiger partial charge in [-0.3, -0.25) is 0 Å². The molecular formula is C34H36O8. The molecule has 2 unspecified atom stereocenters. The van der Waals surface area contributed by atoms with Gasteiger partial charge in [0.2, 0.25) is 0 Å². The molecule has 220 valence electrons. The molecule has 0 aliphatic rings. The first-order valence-electron chi connectivity index (χ1n) is 13.0. The number of phenols is 4. The SMILES string of the molecule is CC(C=O)c1ccc(O)cc1.CC(C=O)c1cccc(O)c1.O=CCc1ccc(O)cc1.O=CCc1cccc(O)c1. The van der Waals surface area contributed by atoms with Crippen LogP contribution in [0.15, 0.2) is 97.1 Å². The third-order valence-corrected chi connectivity index (χ3v) is 5.71. The molecule has 4 aromatic rings. The van der Waals surface area contributed by atoms with Gasteiger partial charge in [0.1, 0.15) is 48.1 Å². The van der Waals surface area contributed by atoms with Crippen LogP contribution in [0.3, 0.4) is 0 Å². The number of rotatable bonds is 8. The fourth-order valence-corrected chi connectivity index (χ4v) is 3.25. The zero-order valence-electron chi connectivity index (χ0n) is 23.5. The monoisotopic (exact) mass is 572 g/mol. The van der Waals surface area contributed by atoms with Crippen molar-refractivity contribution in [2.45, 2.75) is 38.5 Å². The summed E-state index contributed by atoms with van der Waals surface area (Å²) in [5.74, 6) is 0.648. The van der Waals surface area contributed by atoms with Crippen molar-refractivity contribution in [2.75, 3.05) is 0 Å². The topological polar surface area (TPSA) is 149 Å². The van der Waals surface area contributed by atoms with Crippen LogP contribution in [0.4, 0.5) is 0 Å². The molecule has 2 atom stereocenters. The molecule has 0 bridgehead atoms. The average Bonchev–Trinajstić information content (AvgIpc) is 2.99. The number of phenolic OH excluding ortho intramolecular Hbond substituents is 4. The Balaban J connectivity index is 0.000000280. The van der Waals surface area contributed by atoms with Crippen LogP contribution < -0.4 is 0 Å². The van der Waals surface area contributed by atoms with E-state index < -0.39 is 0 Å². The van der Waals surface area contributed by atoms with Gasteiger partial charge in [-0.25, -0.2) is 0 Å². The Morgan fingerprint density at radius 2 is 0.952 bits per heavy atom. The van der Waals surface area contributed by atoms with E-state index in [1.54, 1.807) is 97.9 Å². The predicted molar refractivity (Wildman–Crippen MR) is 161 cm³/mol. The Hall–Kier alpha value is -5.24. The van der Waals surface area contributed by atoms with Crippen molar-refractivity contribution in [2.24, 2.45) is 0 Å². The number of benzene rings is 4. The minimum atomic E-state index is -0.137. The zero-order chi connectivity index (χ0) is 31.3. The number of hydrogen-bond acceptors (Lipinski definition) is 8. The quantitative estimate of drug-likeness (QED) is 0.198. The maximum atomic E-state index is 10.3. The molecule has 0 saturated carbocycles. The summed E-state index contributed by atoms with van der Waals surface area (Å²) < 4.78 is 0. The second-order valence-corrected chi connectivity index (χ2v) is 9.11. The lowest BCUT2D eigenvalue weighted by atomic mass is 10.0. The first kappa shape index (κ1) is 34.8. The number of carbonyl (C=O) groups excluding carboxylic acids is 4. The predicted octanol–water partition coefficient (Wildman–Crippen LogP) is 5.66. The van der Waals surface area contributed by atoms with E-state index in [1.165, 1.54) is 0 Å². The summed E-state index contributed by atoms with van der Waals surface area (Å²) in [5, 5.41) is 35.7. The summed E-state index contributed by atoms with van der Waals surface area (Å²) in [7, 11) is 0. The van der Waals surface area contributed by atoms with Crippen LogP contribution >= 0.6 is 0 Å². The van der Waals surface area contributed by atoms with Crippen molar-refractivity contribution in [3.63, 3.8) is 0 Å². The van der Waals surface area contributed by atoms with Gasteiger partial charge in [0.25, 0.3) is 0 Å². The lowest BCUT2D eigenvalue weighted by Crippen LogP contribution is -1.92. The molecule has 8 nitrogen and oxygen atoms in total. The van der Waals surface area contributed by atoms with Crippen LogP contribution in [0, 0.1) is 0 Å². The van der Waals surface area contributed by atoms with E-state index in [-0.39, 0.29) is 34.8 Å². The molecule has 0 heterocycles. The average molecular weight is 573 g/mol. The van der Waals surface area contributed by atoms with Crippen molar-refractivity contribution in [1.82, 2.24) is 0 Å². The molecule has 0 aliphatic carbocycles. The summed E-state index contributed by atoms with van der Waals surface area (Å²) in [6.07, 6.45) is 4.18. The summed E-state index contributed by atoms with van der Waals surface area (Å²) in [4.78, 5) is 40.7. The Labute approximate surface area is 245 Å². The second kappa shape index (κ2) is 19.8. The third-order valence-electron chi connectivity index (χ3n) is 5.71. The summed E-state index contributed by atoms with van der Waals surface area (Å²) in [6, 6.07) is 26.6. The van der Waals surface area contributed by atoms with Crippen molar-refractivity contribution < 1.29 is 39.6 Å². The summed E-state index contributed by atoms with van der Waals surface area (Å²) in [5.41, 5.74) is 3.54. The largest absolute Gasteiger partial charge is 0.508 e. The summed E-state index contributed by atoms with van der Waals surface area (Å²) >= 11 is 0. The highest BCUT2D eigenvalue weighted by Crippen LogP contribution is 2.18. The Morgan fingerprint density at radius 1 is 0.500 bits per heavy atom. The van der Waals surface area contributed by atoms with Gasteiger partial charge in [-0.2, -0.15) is 0 Å². The van der Waals surface area contributed by atoms with E-state index in [0.717, 1.165) is 47.4 Å². The highest BCUT2D eigenvalue weighted by Gasteiger charge is 2.03. The van der Waals surface area contributed by atoms with Gasteiger partial charge in [0, 0.05) is 24.7 Å². The normalized spacial score (nSPS) is 10.9. The van der Waals surface area contributed by atoms with Crippen molar-refractivity contribution in [3.05, 3.63) is 119 Å².